The van der Waals surface area contributed by atoms with Crippen molar-refractivity contribution in [2.75, 3.05) is 19.6 Å². The molecule has 9 rings (SSSR count). The van der Waals surface area contributed by atoms with E-state index in [4.69, 9.17) is 37.9 Å². The highest BCUT2D eigenvalue weighted by Crippen LogP contribution is 2.38. The van der Waals surface area contributed by atoms with Gasteiger partial charge in [0.2, 0.25) is 0 Å². The number of carbonyl (C=O) groups is 6. The smallest absolute Gasteiger partial charge is 0.488 e. The second-order valence-corrected chi connectivity index (χ2v) is 23.2. The molecule has 0 atom stereocenters. The van der Waals surface area contributed by atoms with E-state index in [-0.39, 0.29) is 49.6 Å². The largest absolute Gasteiger partial charge is 0.506 e. The van der Waals surface area contributed by atoms with Gasteiger partial charge in [-0.3, -0.25) is 28.8 Å². The van der Waals surface area contributed by atoms with Gasteiger partial charge in [0.25, 0.3) is 17.7 Å². The molecule has 9 aromatic rings. The number of aromatic hydroxyl groups is 3. The van der Waals surface area contributed by atoms with Crippen molar-refractivity contribution in [3.05, 3.63) is 197 Å². The van der Waals surface area contributed by atoms with Gasteiger partial charge in [0.05, 0.1) is 31.8 Å². The van der Waals surface area contributed by atoms with Crippen LogP contribution in [0.15, 0.2) is 160 Å². The van der Waals surface area contributed by atoms with Crippen molar-refractivity contribution in [1.82, 2.24) is 16.0 Å². The van der Waals surface area contributed by atoms with Gasteiger partial charge in [0, 0.05) is 11.1 Å². The molecule has 0 bridgehead atoms. The highest BCUT2D eigenvalue weighted by Gasteiger charge is 2.32. The van der Waals surface area contributed by atoms with E-state index in [9.17, 15) is 84.8 Å². The quantitative estimate of drug-likeness (QED) is 0.0238. The highest BCUT2D eigenvalue weighted by atomic mass is 79.9. The van der Waals surface area contributed by atoms with Crippen LogP contribution in [-0.2, 0) is 36.2 Å². The van der Waals surface area contributed by atoms with Crippen molar-refractivity contribution in [1.29, 1.82) is 0 Å². The van der Waals surface area contributed by atoms with E-state index in [0.29, 0.717) is 15.5 Å². The number of aryl methyl sites for hydroxylation is 1. The number of hydrogen-bond donors (Lipinski definition) is 9. The average molecular weight is 1400 g/mol. The molecule has 0 aliphatic carbocycles. The summed E-state index contributed by atoms with van der Waals surface area (Å²) in [5.41, 5.74) is -6.05. The molecule has 3 aromatic heterocycles. The summed E-state index contributed by atoms with van der Waals surface area (Å²) in [7, 11) is -1.35. The summed E-state index contributed by atoms with van der Waals surface area (Å²) in [5, 5.41) is 63.7. The molecule has 6 aromatic carbocycles. The van der Waals surface area contributed by atoms with Crippen molar-refractivity contribution in [2.24, 2.45) is 0 Å². The molecular formula is C65H57BBrF6N3O20. The number of fused-ring (bicyclic) bond motifs is 3. The summed E-state index contributed by atoms with van der Waals surface area (Å²) < 4.78 is 103. The third-order valence-electron chi connectivity index (χ3n) is 12.8. The maximum atomic E-state index is 12.8. The zero-order valence-corrected chi connectivity index (χ0v) is 53.0. The molecule has 0 radical (unpaired) electrons. The lowest BCUT2D eigenvalue weighted by molar-refractivity contribution is -0.154. The van der Waals surface area contributed by atoms with Gasteiger partial charge in [-0.1, -0.05) is 84.4 Å². The number of halogens is 7. The molecule has 0 saturated carbocycles. The highest BCUT2D eigenvalue weighted by molar-refractivity contribution is 9.10. The van der Waals surface area contributed by atoms with Crippen LogP contribution < -0.4 is 38.3 Å². The number of carboxylic acids is 1. The summed E-state index contributed by atoms with van der Waals surface area (Å²) in [6, 6.07) is 28.7. The van der Waals surface area contributed by atoms with Crippen molar-refractivity contribution < 1.29 is 108 Å². The lowest BCUT2D eigenvalue weighted by Crippen LogP contribution is -2.36. The Hall–Kier alpha value is -10.8. The SMILES string of the molecule is CC(C)(C)OC(=O)CNC(=O)c1c(O)c2cccc(-c3ccc(C(F)(F)F)cc3)c2oc1=O.CC(C)(C)OC(=O)CNC(=O)c1c(O)c2cccc(Br)c2oc1=O.Cc1ccc(B(O)O)cc1.O=C(O)CNC(=O)c1c(O)c2cccc(-c3ccc(C(F)(F)F)cc3)c2oc1=O. The van der Waals surface area contributed by atoms with E-state index in [1.54, 1.807) is 65.8 Å². The lowest BCUT2D eigenvalue weighted by Gasteiger charge is -2.19. The molecule has 504 valence electrons. The van der Waals surface area contributed by atoms with Crippen molar-refractivity contribution >= 4 is 97.0 Å². The number of ether oxygens (including phenoxy) is 2. The van der Waals surface area contributed by atoms with Crippen LogP contribution in [0.25, 0.3) is 55.2 Å². The first-order valence-corrected chi connectivity index (χ1v) is 28.8. The Morgan fingerprint density at radius 2 is 0.802 bits per heavy atom. The molecule has 31 heteroatoms. The van der Waals surface area contributed by atoms with Gasteiger partial charge >= 0.3 is 54.3 Å². The number of alkyl halides is 6. The van der Waals surface area contributed by atoms with E-state index in [2.05, 4.69) is 26.6 Å². The Labute approximate surface area is 546 Å². The summed E-state index contributed by atoms with van der Waals surface area (Å²) in [6.07, 6.45) is -9.02. The normalized spacial score (nSPS) is 11.4. The summed E-state index contributed by atoms with van der Waals surface area (Å²) in [4.78, 5) is 107. The molecule has 3 heterocycles. The second kappa shape index (κ2) is 30.5. The third-order valence-corrected chi connectivity index (χ3v) is 13.4. The summed E-state index contributed by atoms with van der Waals surface area (Å²) in [6.45, 7) is 10.2. The standard InChI is InChI=1S/C23H20F3NO6.C19H12F3NO6.C16H16BrNO6.C7H9BO2/c1-22(2,3)33-16(28)11-27-20(30)17-18(29)15-6-4-5-14(19(15)32-21(17)31)12-7-9-13(10-8-12)23(24,25)26;20-19(21,22)10-6-4-9(5-7-10)11-2-1-3-12-15(26)14(18(28)29-16(11)12)17(27)23-8-13(24)25;1-16(2,3)24-10(19)7-18-14(21)11-12(20)8-5-4-6-9(17)13(8)23-15(11)22;1-6-2-4-7(5-3-6)8(9)10/h4-10,29H,11H2,1-3H3,(H,27,30);1-7,26H,8H2,(H,23,27)(H,24,25);4-6,20H,7H2,1-3H3,(H,18,21);2-5,9-10H,1H3. The maximum absolute atomic E-state index is 12.8. The zero-order valence-electron chi connectivity index (χ0n) is 51.4. The number of benzene rings is 6. The van der Waals surface area contributed by atoms with Crippen LogP contribution >= 0.6 is 15.9 Å². The topological polar surface area (TPSA) is 369 Å². The molecule has 3 amide bonds. The molecule has 9 N–H and O–H groups in total. The van der Waals surface area contributed by atoms with Crippen LogP contribution in [0.5, 0.6) is 17.2 Å². The molecule has 96 heavy (non-hydrogen) atoms. The maximum Gasteiger partial charge on any atom is 0.488 e. The van der Waals surface area contributed by atoms with Gasteiger partial charge in [-0.25, -0.2) is 14.4 Å². The van der Waals surface area contributed by atoms with Crippen molar-refractivity contribution in [3.63, 3.8) is 0 Å². The number of para-hydroxylation sites is 3. The van der Waals surface area contributed by atoms with Crippen LogP contribution in [0.1, 0.15) is 89.3 Å². The number of rotatable bonds is 12. The Kier molecular flexibility index (Phi) is 23.6. The third kappa shape index (κ3) is 19.4. The van der Waals surface area contributed by atoms with E-state index in [1.165, 1.54) is 66.7 Å². The minimum Gasteiger partial charge on any atom is -0.506 e. The molecule has 0 spiro atoms. The molecule has 0 unspecified atom stereocenters. The van der Waals surface area contributed by atoms with Gasteiger partial charge in [0.1, 0.15) is 59.3 Å². The number of carbonyl (C=O) groups excluding carboxylic acids is 5. The number of esters is 2. The second-order valence-electron chi connectivity index (χ2n) is 22.4. The van der Waals surface area contributed by atoms with Crippen LogP contribution in [0.2, 0.25) is 0 Å². The number of nitrogens with one attached hydrogen (secondary N) is 3. The Bertz CT molecular complexity index is 4600. The number of hydrogen-bond acceptors (Lipinski definition) is 19. The van der Waals surface area contributed by atoms with Crippen molar-refractivity contribution in [2.45, 2.75) is 72.0 Å². The van der Waals surface area contributed by atoms with Gasteiger partial charge in [0.15, 0.2) is 22.3 Å². The van der Waals surface area contributed by atoms with Crippen LogP contribution in [0, 0.1) is 6.92 Å². The number of carboxylic acid groups (broad SMARTS) is 1. The minimum absolute atomic E-state index is 0.00517. The first-order valence-electron chi connectivity index (χ1n) is 28.0. The minimum atomic E-state index is -4.51. The Morgan fingerprint density at radius 3 is 1.12 bits per heavy atom. The first kappa shape index (κ1) is 74.3. The number of amides is 3. The van der Waals surface area contributed by atoms with Crippen LogP contribution in [0.3, 0.4) is 0 Å². The molecule has 0 saturated heterocycles. The first-order chi connectivity index (χ1) is 44.7. The van der Waals surface area contributed by atoms with E-state index < -0.39 is 148 Å². The molecule has 0 aliphatic heterocycles. The number of aliphatic carboxylic acids is 1. The van der Waals surface area contributed by atoms with Gasteiger partial charge in [-0.2, -0.15) is 26.3 Å². The van der Waals surface area contributed by atoms with E-state index in [1.807, 2.05) is 24.4 Å². The fourth-order valence-electron chi connectivity index (χ4n) is 8.54. The predicted octanol–water partition coefficient (Wildman–Crippen LogP) is 9.26. The average Bonchev–Trinajstić information content (AvgIpc) is 0.781. The summed E-state index contributed by atoms with van der Waals surface area (Å²) in [5.74, 6) is -7.79. The monoisotopic (exact) mass is 1400 g/mol. The molecular weight excluding hydrogens is 1350 g/mol. The fourth-order valence-corrected chi connectivity index (χ4v) is 8.99. The molecule has 23 nitrogen and oxygen atoms in total. The zero-order chi connectivity index (χ0) is 71.5. The fraction of sp³-hybridized carbons (Fsp3) is 0.215. The van der Waals surface area contributed by atoms with Gasteiger partial charge < -0.3 is 69.1 Å². The van der Waals surface area contributed by atoms with E-state index >= 15 is 0 Å². The lowest BCUT2D eigenvalue weighted by atomic mass is 9.80. The Balaban J connectivity index is 0.000000214. The molecule has 0 aliphatic rings. The van der Waals surface area contributed by atoms with Crippen LogP contribution in [-0.4, -0.2) is 104 Å². The predicted molar refractivity (Wildman–Crippen MR) is 338 cm³/mol. The van der Waals surface area contributed by atoms with E-state index in [0.717, 1.165) is 29.8 Å². The summed E-state index contributed by atoms with van der Waals surface area (Å²) >= 11 is 3.20. The van der Waals surface area contributed by atoms with Crippen molar-refractivity contribution in [3.8, 4) is 39.5 Å². The molecule has 0 fully saturated rings. The van der Waals surface area contributed by atoms with Crippen LogP contribution in [0.4, 0.5) is 26.3 Å². The Morgan fingerprint density at radius 1 is 0.479 bits per heavy atom. The van der Waals surface area contributed by atoms with Gasteiger partial charge in [-0.05, 0) is 130 Å². The van der Waals surface area contributed by atoms with Gasteiger partial charge in [-0.15, -0.1) is 0 Å².